The van der Waals surface area contributed by atoms with Crippen molar-refractivity contribution in [3.05, 3.63) is 22.2 Å². The predicted octanol–water partition coefficient (Wildman–Crippen LogP) is 1.09. The first kappa shape index (κ1) is 15.0. The van der Waals surface area contributed by atoms with Gasteiger partial charge >= 0.3 is 5.69 Å². The Balaban J connectivity index is 2.37. The maximum atomic E-state index is 12.0. The maximum Gasteiger partial charge on any atom is 0.311 e. The van der Waals surface area contributed by atoms with Crippen LogP contribution in [0.2, 0.25) is 0 Å². The predicted molar refractivity (Wildman–Crippen MR) is 79.5 cm³/mol. The second-order valence-corrected chi connectivity index (χ2v) is 4.92. The van der Waals surface area contributed by atoms with E-state index in [1.807, 2.05) is 6.92 Å². The molecule has 0 atom stereocenters. The number of rotatable bonds is 4. The maximum absolute atomic E-state index is 12.0. The summed E-state index contributed by atoms with van der Waals surface area (Å²) in [6, 6.07) is 3.01. The highest BCUT2D eigenvalue weighted by atomic mass is 16.6. The molecule has 0 spiro atoms. The van der Waals surface area contributed by atoms with Crippen LogP contribution < -0.4 is 10.2 Å². The zero-order chi connectivity index (χ0) is 15.4. The van der Waals surface area contributed by atoms with Crippen LogP contribution >= 0.6 is 0 Å². The van der Waals surface area contributed by atoms with E-state index in [1.54, 1.807) is 22.9 Å². The highest BCUT2D eigenvalue weighted by Gasteiger charge is 2.26. The van der Waals surface area contributed by atoms with Gasteiger partial charge in [-0.05, 0) is 19.4 Å². The molecule has 0 saturated carbocycles. The summed E-state index contributed by atoms with van der Waals surface area (Å²) in [6.45, 7) is 3.93. The van der Waals surface area contributed by atoms with Crippen LogP contribution in [-0.4, -0.2) is 53.9 Å². The highest BCUT2D eigenvalue weighted by Crippen LogP contribution is 2.28. The average molecular weight is 293 g/mol. The molecular weight excluding hydrogens is 274 g/mol. The molecule has 1 saturated heterocycles. The first-order chi connectivity index (χ1) is 10.0. The third kappa shape index (κ3) is 3.39. The van der Waals surface area contributed by atoms with E-state index in [-0.39, 0.29) is 24.0 Å². The number of aromatic nitrogens is 1. The molecule has 8 heteroatoms. The first-order valence-corrected chi connectivity index (χ1v) is 6.91. The number of hydrogen-bond acceptors (Lipinski definition) is 6. The second-order valence-electron chi connectivity index (χ2n) is 4.92. The van der Waals surface area contributed by atoms with E-state index in [0.29, 0.717) is 25.5 Å². The Morgan fingerprint density at radius 2 is 2.19 bits per heavy atom. The van der Waals surface area contributed by atoms with Gasteiger partial charge in [0.25, 0.3) is 0 Å². The Kier molecular flexibility index (Phi) is 4.56. The minimum absolute atomic E-state index is 0.0579. The fourth-order valence-electron chi connectivity index (χ4n) is 2.26. The molecule has 0 unspecified atom stereocenters. The van der Waals surface area contributed by atoms with Crippen molar-refractivity contribution in [1.29, 1.82) is 0 Å². The first-order valence-electron chi connectivity index (χ1n) is 6.91. The number of nitrogens with one attached hydrogen (secondary N) is 1. The van der Waals surface area contributed by atoms with Gasteiger partial charge in [-0.15, -0.1) is 0 Å². The molecule has 0 aliphatic carbocycles. The number of likely N-dealkylation sites (N-methyl/N-ethyl adjacent to an activating group) is 1. The van der Waals surface area contributed by atoms with Gasteiger partial charge in [-0.25, -0.2) is 4.98 Å². The summed E-state index contributed by atoms with van der Waals surface area (Å²) < 4.78 is 0. The van der Waals surface area contributed by atoms with Crippen molar-refractivity contribution in [2.75, 3.05) is 43.4 Å². The monoisotopic (exact) mass is 293 g/mol. The molecule has 8 nitrogen and oxygen atoms in total. The van der Waals surface area contributed by atoms with Crippen molar-refractivity contribution in [3.8, 4) is 0 Å². The number of hydrogen-bond donors (Lipinski definition) is 1. The van der Waals surface area contributed by atoms with Crippen molar-refractivity contribution < 1.29 is 9.72 Å². The Hall–Kier alpha value is -2.38. The lowest BCUT2D eigenvalue weighted by Gasteiger charge is -2.21. The van der Waals surface area contributed by atoms with E-state index in [1.165, 1.54) is 6.07 Å². The summed E-state index contributed by atoms with van der Waals surface area (Å²) in [5.74, 6) is 0.766. The molecule has 0 aromatic carbocycles. The third-order valence-corrected chi connectivity index (χ3v) is 3.38. The summed E-state index contributed by atoms with van der Waals surface area (Å²) in [5, 5.41) is 14.2. The van der Waals surface area contributed by atoms with Gasteiger partial charge in [-0.3, -0.25) is 14.9 Å². The molecule has 0 radical (unpaired) electrons. The number of pyridine rings is 1. The average Bonchev–Trinajstić information content (AvgIpc) is 2.61. The summed E-state index contributed by atoms with van der Waals surface area (Å²) in [4.78, 5) is 30.3. The Labute approximate surface area is 122 Å². The molecule has 1 aromatic heterocycles. The molecule has 1 aliphatic heterocycles. The Morgan fingerprint density at radius 1 is 1.43 bits per heavy atom. The normalized spacial score (nSPS) is 15.8. The fraction of sp³-hybridized carbons (Fsp3) is 0.538. The van der Waals surface area contributed by atoms with Crippen LogP contribution in [0.1, 0.15) is 13.3 Å². The van der Waals surface area contributed by atoms with E-state index in [9.17, 15) is 14.9 Å². The molecule has 1 amide bonds. The largest absolute Gasteiger partial charge is 0.370 e. The SMILES string of the molecule is CCNc1ccc([N+](=O)[O-])c(N2CCCN(C)C(=O)C2)n1. The molecule has 1 N–H and O–H groups in total. The second kappa shape index (κ2) is 6.38. The van der Waals surface area contributed by atoms with Gasteiger partial charge < -0.3 is 15.1 Å². The molecule has 2 heterocycles. The van der Waals surface area contributed by atoms with E-state index < -0.39 is 4.92 Å². The minimum atomic E-state index is -0.461. The van der Waals surface area contributed by atoms with Gasteiger partial charge in [-0.1, -0.05) is 0 Å². The lowest BCUT2D eigenvalue weighted by Crippen LogP contribution is -2.35. The lowest BCUT2D eigenvalue weighted by molar-refractivity contribution is -0.384. The van der Waals surface area contributed by atoms with E-state index in [4.69, 9.17) is 0 Å². The molecule has 0 bridgehead atoms. The number of nitrogens with zero attached hydrogens (tertiary/aromatic N) is 4. The van der Waals surface area contributed by atoms with E-state index in [0.717, 1.165) is 6.42 Å². The topological polar surface area (TPSA) is 91.6 Å². The van der Waals surface area contributed by atoms with Gasteiger partial charge in [0.2, 0.25) is 11.7 Å². The van der Waals surface area contributed by atoms with Crippen LogP contribution in [-0.2, 0) is 4.79 Å². The number of anilines is 2. The Morgan fingerprint density at radius 3 is 2.86 bits per heavy atom. The van der Waals surface area contributed by atoms with Crippen molar-refractivity contribution >= 4 is 23.2 Å². The molecule has 21 heavy (non-hydrogen) atoms. The smallest absolute Gasteiger partial charge is 0.311 e. The molecule has 1 aliphatic rings. The third-order valence-electron chi connectivity index (χ3n) is 3.38. The van der Waals surface area contributed by atoms with Crippen molar-refractivity contribution in [2.24, 2.45) is 0 Å². The van der Waals surface area contributed by atoms with Gasteiger partial charge in [0.15, 0.2) is 0 Å². The van der Waals surface area contributed by atoms with Gasteiger partial charge in [0.05, 0.1) is 11.5 Å². The van der Waals surface area contributed by atoms with E-state index >= 15 is 0 Å². The van der Waals surface area contributed by atoms with Crippen LogP contribution in [0.25, 0.3) is 0 Å². The zero-order valence-corrected chi connectivity index (χ0v) is 12.2. The highest BCUT2D eigenvalue weighted by molar-refractivity contribution is 5.82. The van der Waals surface area contributed by atoms with Crippen molar-refractivity contribution in [3.63, 3.8) is 0 Å². The number of amides is 1. The molecular formula is C13H19N5O3. The summed E-state index contributed by atoms with van der Waals surface area (Å²) in [5.41, 5.74) is -0.0750. The quantitative estimate of drug-likeness (QED) is 0.660. The number of nitro groups is 1. The van der Waals surface area contributed by atoms with Gasteiger partial charge in [-0.2, -0.15) is 0 Å². The van der Waals surface area contributed by atoms with E-state index in [2.05, 4.69) is 10.3 Å². The molecule has 2 rings (SSSR count). The zero-order valence-electron chi connectivity index (χ0n) is 12.2. The van der Waals surface area contributed by atoms with Crippen LogP contribution in [0.4, 0.5) is 17.3 Å². The summed E-state index contributed by atoms with van der Waals surface area (Å²) in [6.07, 6.45) is 0.756. The van der Waals surface area contributed by atoms with Crippen molar-refractivity contribution in [2.45, 2.75) is 13.3 Å². The number of carbonyl (C=O) groups is 1. The van der Waals surface area contributed by atoms with Gasteiger partial charge in [0.1, 0.15) is 5.82 Å². The standard InChI is InChI=1S/C13H19N5O3/c1-3-14-11-6-5-10(18(20)21)13(15-11)17-8-4-7-16(2)12(19)9-17/h5-6H,3-4,7-9H2,1-2H3,(H,14,15). The van der Waals surface area contributed by atoms with Crippen LogP contribution in [0.15, 0.2) is 12.1 Å². The van der Waals surface area contributed by atoms with Crippen LogP contribution in [0, 0.1) is 10.1 Å². The lowest BCUT2D eigenvalue weighted by atomic mass is 10.3. The summed E-state index contributed by atoms with van der Waals surface area (Å²) >= 11 is 0. The number of carbonyl (C=O) groups excluding carboxylic acids is 1. The molecule has 1 fully saturated rings. The fourth-order valence-corrected chi connectivity index (χ4v) is 2.26. The molecule has 114 valence electrons. The van der Waals surface area contributed by atoms with Gasteiger partial charge in [0, 0.05) is 32.7 Å². The Bertz CT molecular complexity index is 549. The molecule has 1 aromatic rings. The summed E-state index contributed by atoms with van der Waals surface area (Å²) in [7, 11) is 1.74. The van der Waals surface area contributed by atoms with Crippen molar-refractivity contribution in [1.82, 2.24) is 9.88 Å². The van der Waals surface area contributed by atoms with Crippen LogP contribution in [0.5, 0.6) is 0 Å². The van der Waals surface area contributed by atoms with Crippen LogP contribution in [0.3, 0.4) is 0 Å². The minimum Gasteiger partial charge on any atom is -0.370 e.